The second-order valence-electron chi connectivity index (χ2n) is 3.51. The molecule has 0 saturated heterocycles. The molecule has 0 unspecified atom stereocenters. The lowest BCUT2D eigenvalue weighted by atomic mass is 10.1. The van der Waals surface area contributed by atoms with Gasteiger partial charge in [0.05, 0.1) is 12.3 Å². The van der Waals surface area contributed by atoms with Crippen LogP contribution in [0.25, 0.3) is 10.8 Å². The van der Waals surface area contributed by atoms with Gasteiger partial charge in [0.25, 0.3) is 0 Å². The zero-order chi connectivity index (χ0) is 11.5. The summed E-state index contributed by atoms with van der Waals surface area (Å²) < 4.78 is 5.47. The summed E-state index contributed by atoms with van der Waals surface area (Å²) in [4.78, 5) is 15.3. The molecular weight excluding hydrogens is 202 g/mol. The summed E-state index contributed by atoms with van der Waals surface area (Å²) >= 11 is 0. The first kappa shape index (κ1) is 10.6. The van der Waals surface area contributed by atoms with Crippen LogP contribution in [0.5, 0.6) is 5.88 Å². The lowest BCUT2D eigenvalue weighted by molar-refractivity contribution is 0.112. The van der Waals surface area contributed by atoms with E-state index in [0.717, 1.165) is 17.1 Å². The largest absolute Gasteiger partial charge is 0.478 e. The Labute approximate surface area is 94.1 Å². The second-order valence-corrected chi connectivity index (χ2v) is 3.51. The van der Waals surface area contributed by atoms with Crippen molar-refractivity contribution in [1.29, 1.82) is 0 Å². The normalized spacial score (nSPS) is 10.4. The highest BCUT2D eigenvalue weighted by molar-refractivity contribution is 6.00. The van der Waals surface area contributed by atoms with E-state index in [1.807, 2.05) is 38.1 Å². The molecule has 3 heteroatoms. The molecule has 82 valence electrons. The van der Waals surface area contributed by atoms with Gasteiger partial charge in [-0.3, -0.25) is 4.79 Å². The predicted octanol–water partition coefficient (Wildman–Crippen LogP) is 2.75. The molecule has 0 amide bonds. The lowest BCUT2D eigenvalue weighted by Crippen LogP contribution is -2.00. The third-order valence-corrected chi connectivity index (χ3v) is 2.51. The minimum atomic E-state index is 0.566. The van der Waals surface area contributed by atoms with E-state index in [0.29, 0.717) is 23.7 Å². The highest BCUT2D eigenvalue weighted by Crippen LogP contribution is 2.27. The standard InChI is InChI=1S/C13H13NO2/c1-3-16-13-11-7-5-4-6-10(11)12(8-15)9(2)14-13/h4-8H,3H2,1-2H3. The first-order valence-corrected chi connectivity index (χ1v) is 5.25. The number of ether oxygens (including phenoxy) is 1. The van der Waals surface area contributed by atoms with Crippen LogP contribution < -0.4 is 4.74 Å². The number of hydrogen-bond donors (Lipinski definition) is 0. The maximum Gasteiger partial charge on any atom is 0.221 e. The van der Waals surface area contributed by atoms with Gasteiger partial charge in [0, 0.05) is 10.9 Å². The van der Waals surface area contributed by atoms with Gasteiger partial charge in [-0.05, 0) is 25.3 Å². The van der Waals surface area contributed by atoms with Crippen LogP contribution in [0.15, 0.2) is 24.3 Å². The number of benzene rings is 1. The van der Waals surface area contributed by atoms with Crippen LogP contribution in [-0.2, 0) is 0 Å². The quantitative estimate of drug-likeness (QED) is 0.739. The van der Waals surface area contributed by atoms with Gasteiger partial charge in [-0.15, -0.1) is 0 Å². The molecule has 0 aliphatic heterocycles. The Bertz CT molecular complexity index is 535. The van der Waals surface area contributed by atoms with E-state index in [9.17, 15) is 4.79 Å². The third kappa shape index (κ3) is 1.65. The van der Waals surface area contributed by atoms with Gasteiger partial charge in [0.1, 0.15) is 0 Å². The molecule has 0 aliphatic carbocycles. The molecule has 3 nitrogen and oxygen atoms in total. The molecule has 0 atom stereocenters. The van der Waals surface area contributed by atoms with Crippen molar-refractivity contribution < 1.29 is 9.53 Å². The van der Waals surface area contributed by atoms with Gasteiger partial charge >= 0.3 is 0 Å². The van der Waals surface area contributed by atoms with Crippen molar-refractivity contribution in [3.8, 4) is 5.88 Å². The third-order valence-electron chi connectivity index (χ3n) is 2.51. The maximum atomic E-state index is 11.0. The zero-order valence-corrected chi connectivity index (χ0v) is 9.36. The number of rotatable bonds is 3. The fourth-order valence-electron chi connectivity index (χ4n) is 1.77. The van der Waals surface area contributed by atoms with E-state index >= 15 is 0 Å². The molecule has 1 aromatic carbocycles. The van der Waals surface area contributed by atoms with Crippen molar-refractivity contribution in [3.63, 3.8) is 0 Å². The minimum absolute atomic E-state index is 0.566. The summed E-state index contributed by atoms with van der Waals surface area (Å²) in [6.07, 6.45) is 0.848. The van der Waals surface area contributed by atoms with Gasteiger partial charge in [0.15, 0.2) is 6.29 Å². The van der Waals surface area contributed by atoms with Gasteiger partial charge in [-0.25, -0.2) is 4.98 Å². The smallest absolute Gasteiger partial charge is 0.221 e. The molecule has 2 aromatic rings. The average molecular weight is 215 g/mol. The van der Waals surface area contributed by atoms with E-state index in [4.69, 9.17) is 4.74 Å². The van der Waals surface area contributed by atoms with Crippen LogP contribution in [0.2, 0.25) is 0 Å². The van der Waals surface area contributed by atoms with Crippen LogP contribution >= 0.6 is 0 Å². The van der Waals surface area contributed by atoms with E-state index in [1.165, 1.54) is 0 Å². The molecule has 16 heavy (non-hydrogen) atoms. The number of nitrogens with zero attached hydrogens (tertiary/aromatic N) is 1. The van der Waals surface area contributed by atoms with Crippen LogP contribution in [0.1, 0.15) is 23.0 Å². The lowest BCUT2D eigenvalue weighted by Gasteiger charge is -2.10. The first-order chi connectivity index (χ1) is 7.77. The molecule has 2 rings (SSSR count). The first-order valence-electron chi connectivity index (χ1n) is 5.25. The van der Waals surface area contributed by atoms with Gasteiger partial charge in [-0.1, -0.05) is 18.2 Å². The van der Waals surface area contributed by atoms with Crippen molar-refractivity contribution in [1.82, 2.24) is 4.98 Å². The SMILES string of the molecule is CCOc1nc(C)c(C=O)c2ccccc12. The number of aldehydes is 1. The Kier molecular flexibility index (Phi) is 2.86. The van der Waals surface area contributed by atoms with E-state index in [-0.39, 0.29) is 0 Å². The van der Waals surface area contributed by atoms with Gasteiger partial charge in [-0.2, -0.15) is 0 Å². The molecular formula is C13H13NO2. The molecule has 0 saturated carbocycles. The van der Waals surface area contributed by atoms with Crippen molar-refractivity contribution >= 4 is 17.1 Å². The fourth-order valence-corrected chi connectivity index (χ4v) is 1.77. The van der Waals surface area contributed by atoms with Gasteiger partial charge < -0.3 is 4.74 Å². The number of aromatic nitrogens is 1. The van der Waals surface area contributed by atoms with Crippen LogP contribution in [0.4, 0.5) is 0 Å². The molecule has 0 spiro atoms. The van der Waals surface area contributed by atoms with Crippen LogP contribution in [0, 0.1) is 6.92 Å². The summed E-state index contributed by atoms with van der Waals surface area (Å²) in [5, 5.41) is 1.78. The Morgan fingerprint density at radius 2 is 2.00 bits per heavy atom. The minimum Gasteiger partial charge on any atom is -0.478 e. The summed E-state index contributed by atoms with van der Waals surface area (Å²) in [5.74, 6) is 0.598. The summed E-state index contributed by atoms with van der Waals surface area (Å²) in [5.41, 5.74) is 1.34. The number of hydrogen-bond acceptors (Lipinski definition) is 3. The molecule has 0 fully saturated rings. The van der Waals surface area contributed by atoms with Crippen LogP contribution in [0.3, 0.4) is 0 Å². The average Bonchev–Trinajstić information content (AvgIpc) is 2.30. The van der Waals surface area contributed by atoms with Gasteiger partial charge in [0.2, 0.25) is 5.88 Å². The van der Waals surface area contributed by atoms with Crippen LogP contribution in [-0.4, -0.2) is 17.9 Å². The molecule has 0 N–H and O–H groups in total. The predicted molar refractivity (Wildman–Crippen MR) is 63.0 cm³/mol. The van der Waals surface area contributed by atoms with E-state index in [2.05, 4.69) is 4.98 Å². The molecule has 0 aliphatic rings. The fraction of sp³-hybridized carbons (Fsp3) is 0.231. The number of aryl methyl sites for hydroxylation is 1. The Morgan fingerprint density at radius 3 is 2.62 bits per heavy atom. The monoisotopic (exact) mass is 215 g/mol. The molecule has 1 heterocycles. The van der Waals surface area contributed by atoms with Crippen molar-refractivity contribution in [2.24, 2.45) is 0 Å². The maximum absolute atomic E-state index is 11.0. The van der Waals surface area contributed by atoms with E-state index in [1.54, 1.807) is 0 Å². The zero-order valence-electron chi connectivity index (χ0n) is 9.36. The highest BCUT2D eigenvalue weighted by Gasteiger charge is 2.10. The second kappa shape index (κ2) is 4.31. The number of carbonyl (C=O) groups excluding carboxylic acids is 1. The van der Waals surface area contributed by atoms with Crippen molar-refractivity contribution in [2.75, 3.05) is 6.61 Å². The molecule has 1 aromatic heterocycles. The number of fused-ring (bicyclic) bond motifs is 1. The summed E-state index contributed by atoms with van der Waals surface area (Å²) in [7, 11) is 0. The summed E-state index contributed by atoms with van der Waals surface area (Å²) in [6, 6.07) is 7.65. The van der Waals surface area contributed by atoms with Crippen molar-refractivity contribution in [3.05, 3.63) is 35.5 Å². The van der Waals surface area contributed by atoms with Crippen molar-refractivity contribution in [2.45, 2.75) is 13.8 Å². The highest BCUT2D eigenvalue weighted by atomic mass is 16.5. The number of pyridine rings is 1. The Morgan fingerprint density at radius 1 is 1.31 bits per heavy atom. The van der Waals surface area contributed by atoms with E-state index < -0.39 is 0 Å². The number of carbonyl (C=O) groups is 1. The molecule has 0 radical (unpaired) electrons. The molecule has 0 bridgehead atoms. The summed E-state index contributed by atoms with van der Waals surface area (Å²) in [6.45, 7) is 4.30. The Hall–Kier alpha value is -1.90. The topological polar surface area (TPSA) is 39.2 Å². The Balaban J connectivity index is 2.80.